The smallest absolute Gasteiger partial charge is 0.336 e. The van der Waals surface area contributed by atoms with Crippen LogP contribution in [0, 0.1) is 6.92 Å². The van der Waals surface area contributed by atoms with Gasteiger partial charge in [0, 0.05) is 0 Å². The fraction of sp³-hybridized carbons (Fsp3) is 0.167. The summed E-state index contributed by atoms with van der Waals surface area (Å²) in [6, 6.07) is 11.8. The molecule has 2 aromatic carbocycles. The number of hydrogen-bond acceptors (Lipinski definition) is 4. The van der Waals surface area contributed by atoms with Gasteiger partial charge in [0.05, 0.1) is 23.7 Å². The van der Waals surface area contributed by atoms with Crippen molar-refractivity contribution >= 4 is 16.8 Å². The number of methoxy groups -OCH3 is 1. The molecule has 1 heterocycles. The first-order valence-electron chi connectivity index (χ1n) is 7.62. The van der Waals surface area contributed by atoms with Gasteiger partial charge in [0.1, 0.15) is 12.3 Å². The van der Waals surface area contributed by atoms with Gasteiger partial charge in [-0.05, 0) is 31.2 Å². The molecule has 0 saturated heterocycles. The highest BCUT2D eigenvalue weighted by atomic mass is 16.5. The zero-order valence-electron chi connectivity index (χ0n) is 13.9. The maximum absolute atomic E-state index is 13.0. The first-order valence-corrected chi connectivity index (χ1v) is 7.62. The summed E-state index contributed by atoms with van der Waals surface area (Å²) in [5, 5.41) is 0.326. The molecule has 0 aliphatic rings. The number of nitrogens with zero attached hydrogens (tertiary/aromatic N) is 2. The standard InChI is InChI=1S/C18H17N3O4/c1-11-7-8-13-12(9-11)17(23)21(18(24)20(13)10-16(19)22)14-5-3-4-6-15(14)25-2/h3-9H,10H2,1-2H3,(H2,19,22). The average Bonchev–Trinajstić information content (AvgIpc) is 2.59. The molecule has 2 N–H and O–H groups in total. The minimum atomic E-state index is -0.672. The van der Waals surface area contributed by atoms with Gasteiger partial charge in [0.15, 0.2) is 0 Å². The molecule has 25 heavy (non-hydrogen) atoms. The van der Waals surface area contributed by atoms with Gasteiger partial charge < -0.3 is 10.5 Å². The van der Waals surface area contributed by atoms with Crippen molar-refractivity contribution in [1.29, 1.82) is 0 Å². The molecule has 3 aromatic rings. The van der Waals surface area contributed by atoms with Crippen LogP contribution in [0.2, 0.25) is 0 Å². The van der Waals surface area contributed by atoms with Crippen LogP contribution in [0.4, 0.5) is 0 Å². The van der Waals surface area contributed by atoms with E-state index < -0.39 is 17.2 Å². The first kappa shape index (κ1) is 16.5. The molecule has 7 heteroatoms. The Morgan fingerprint density at radius 1 is 1.16 bits per heavy atom. The Labute approximate surface area is 142 Å². The fourth-order valence-electron chi connectivity index (χ4n) is 2.82. The van der Waals surface area contributed by atoms with E-state index in [2.05, 4.69) is 0 Å². The van der Waals surface area contributed by atoms with E-state index in [1.165, 1.54) is 11.7 Å². The summed E-state index contributed by atoms with van der Waals surface area (Å²) in [4.78, 5) is 37.4. The van der Waals surface area contributed by atoms with Gasteiger partial charge >= 0.3 is 5.69 Å². The number of primary amides is 1. The third kappa shape index (κ3) is 2.80. The van der Waals surface area contributed by atoms with Gasteiger partial charge in [-0.15, -0.1) is 0 Å². The van der Waals surface area contributed by atoms with E-state index in [1.807, 2.05) is 6.92 Å². The van der Waals surface area contributed by atoms with Gasteiger partial charge in [0.2, 0.25) is 5.91 Å². The number of hydrogen-bond donors (Lipinski definition) is 1. The van der Waals surface area contributed by atoms with Crippen LogP contribution in [0.15, 0.2) is 52.1 Å². The van der Waals surface area contributed by atoms with Crippen molar-refractivity contribution in [2.75, 3.05) is 7.11 Å². The highest BCUT2D eigenvalue weighted by Gasteiger charge is 2.18. The Balaban J connectivity index is 2.50. The average molecular weight is 339 g/mol. The number of aryl methyl sites for hydroxylation is 1. The summed E-state index contributed by atoms with van der Waals surface area (Å²) >= 11 is 0. The van der Waals surface area contributed by atoms with Crippen LogP contribution in [0.25, 0.3) is 16.6 Å². The molecule has 0 atom stereocenters. The number of ether oxygens (including phenoxy) is 1. The molecule has 0 unspecified atom stereocenters. The van der Waals surface area contributed by atoms with E-state index in [1.54, 1.807) is 42.5 Å². The van der Waals surface area contributed by atoms with Crippen molar-refractivity contribution in [1.82, 2.24) is 9.13 Å². The number of benzene rings is 2. The monoisotopic (exact) mass is 339 g/mol. The summed E-state index contributed by atoms with van der Waals surface area (Å²) in [5.41, 5.74) is 5.69. The SMILES string of the molecule is COc1ccccc1-n1c(=O)c2cc(C)ccc2n(CC(N)=O)c1=O. The number of nitrogens with two attached hydrogens (primary N) is 1. The zero-order valence-corrected chi connectivity index (χ0v) is 13.9. The van der Waals surface area contributed by atoms with E-state index in [4.69, 9.17) is 10.5 Å². The topological polar surface area (TPSA) is 96.3 Å². The van der Waals surface area contributed by atoms with Crippen LogP contribution in [-0.2, 0) is 11.3 Å². The number of rotatable bonds is 4. The van der Waals surface area contributed by atoms with Crippen LogP contribution in [0.1, 0.15) is 5.56 Å². The van der Waals surface area contributed by atoms with Crippen LogP contribution in [-0.4, -0.2) is 22.2 Å². The third-order valence-corrected chi connectivity index (χ3v) is 3.94. The lowest BCUT2D eigenvalue weighted by Crippen LogP contribution is -2.41. The molecule has 128 valence electrons. The lowest BCUT2D eigenvalue weighted by molar-refractivity contribution is -0.118. The molecule has 0 radical (unpaired) electrons. The van der Waals surface area contributed by atoms with Gasteiger partial charge in [-0.3, -0.25) is 14.2 Å². The third-order valence-electron chi connectivity index (χ3n) is 3.94. The van der Waals surface area contributed by atoms with Crippen molar-refractivity contribution in [3.8, 4) is 11.4 Å². The Kier molecular flexibility index (Phi) is 4.14. The summed E-state index contributed by atoms with van der Waals surface area (Å²) in [6.07, 6.45) is 0. The first-order chi connectivity index (χ1) is 11.9. The van der Waals surface area contributed by atoms with Crippen LogP contribution < -0.4 is 21.7 Å². The maximum atomic E-state index is 13.0. The van der Waals surface area contributed by atoms with Crippen LogP contribution >= 0.6 is 0 Å². The Hall–Kier alpha value is -3.35. The second-order valence-corrected chi connectivity index (χ2v) is 5.67. The molecule has 0 bridgehead atoms. The summed E-state index contributed by atoms with van der Waals surface area (Å²) in [7, 11) is 1.46. The fourth-order valence-corrected chi connectivity index (χ4v) is 2.82. The normalized spacial score (nSPS) is 10.8. The number of aromatic nitrogens is 2. The summed E-state index contributed by atoms with van der Waals surface area (Å²) in [5.74, 6) is -0.298. The van der Waals surface area contributed by atoms with E-state index in [0.29, 0.717) is 22.3 Å². The highest BCUT2D eigenvalue weighted by Crippen LogP contribution is 2.20. The van der Waals surface area contributed by atoms with Gasteiger partial charge in [-0.25, -0.2) is 9.36 Å². The van der Waals surface area contributed by atoms with Crippen molar-refractivity contribution in [2.45, 2.75) is 13.5 Å². The molecule has 0 spiro atoms. The van der Waals surface area contributed by atoms with Gasteiger partial charge in [-0.2, -0.15) is 0 Å². The highest BCUT2D eigenvalue weighted by molar-refractivity contribution is 5.82. The molecule has 0 aliphatic heterocycles. The summed E-state index contributed by atoms with van der Waals surface area (Å²) < 4.78 is 7.47. The van der Waals surface area contributed by atoms with E-state index in [0.717, 1.165) is 10.1 Å². The Bertz CT molecular complexity index is 1100. The number of carbonyl (C=O) groups is 1. The lowest BCUT2D eigenvalue weighted by atomic mass is 10.1. The largest absolute Gasteiger partial charge is 0.495 e. The minimum absolute atomic E-state index is 0.307. The van der Waals surface area contributed by atoms with Crippen molar-refractivity contribution in [2.24, 2.45) is 5.73 Å². The number of fused-ring (bicyclic) bond motifs is 1. The molecule has 0 aliphatic carbocycles. The molecule has 7 nitrogen and oxygen atoms in total. The van der Waals surface area contributed by atoms with Gasteiger partial charge in [0.25, 0.3) is 5.56 Å². The number of carbonyl (C=O) groups excluding carboxylic acids is 1. The predicted molar refractivity (Wildman–Crippen MR) is 94.3 cm³/mol. The summed E-state index contributed by atoms with van der Waals surface area (Å²) in [6.45, 7) is 1.52. The van der Waals surface area contributed by atoms with Crippen molar-refractivity contribution < 1.29 is 9.53 Å². The van der Waals surface area contributed by atoms with Crippen LogP contribution in [0.3, 0.4) is 0 Å². The molecule has 0 saturated carbocycles. The Morgan fingerprint density at radius 3 is 2.56 bits per heavy atom. The minimum Gasteiger partial charge on any atom is -0.495 e. The van der Waals surface area contributed by atoms with Crippen molar-refractivity contribution in [3.05, 3.63) is 68.9 Å². The van der Waals surface area contributed by atoms with Crippen molar-refractivity contribution in [3.63, 3.8) is 0 Å². The van der Waals surface area contributed by atoms with E-state index >= 15 is 0 Å². The molecule has 1 amide bonds. The Morgan fingerprint density at radius 2 is 1.88 bits per heavy atom. The van der Waals surface area contributed by atoms with Gasteiger partial charge in [-0.1, -0.05) is 23.8 Å². The molecular weight excluding hydrogens is 322 g/mol. The van der Waals surface area contributed by atoms with Crippen LogP contribution in [0.5, 0.6) is 5.75 Å². The maximum Gasteiger partial charge on any atom is 0.336 e. The molecule has 0 fully saturated rings. The quantitative estimate of drug-likeness (QED) is 0.765. The molecule has 3 rings (SSSR count). The second-order valence-electron chi connectivity index (χ2n) is 5.67. The lowest BCUT2D eigenvalue weighted by Gasteiger charge is -2.15. The zero-order chi connectivity index (χ0) is 18.1. The van der Waals surface area contributed by atoms with E-state index in [-0.39, 0.29) is 6.54 Å². The number of para-hydroxylation sites is 2. The molecule has 1 aromatic heterocycles. The second kappa shape index (κ2) is 6.27. The van der Waals surface area contributed by atoms with E-state index in [9.17, 15) is 14.4 Å². The number of amides is 1. The molecular formula is C18H17N3O4. The predicted octanol–water partition coefficient (Wildman–Crippen LogP) is 0.955.